The minimum Gasteiger partial charge on any atom is -0.465 e. The average Bonchev–Trinajstić information content (AvgIpc) is 2.29. The van der Waals surface area contributed by atoms with Gasteiger partial charge in [0.05, 0.1) is 12.5 Å². The molecule has 1 atom stereocenters. The maximum Gasteiger partial charge on any atom is 0.349 e. The van der Waals surface area contributed by atoms with E-state index in [1.165, 1.54) is 13.2 Å². The SMILES string of the molecule is COC(=O)/C(Cl)=C/C(Cl)c1ccccc1. The zero-order valence-electron chi connectivity index (χ0n) is 8.11. The number of rotatable bonds is 3. The molecule has 0 fully saturated rings. The molecule has 80 valence electrons. The fraction of sp³-hybridized carbons (Fsp3) is 0.182. The summed E-state index contributed by atoms with van der Waals surface area (Å²) in [6.45, 7) is 0. The summed E-state index contributed by atoms with van der Waals surface area (Å²) in [4.78, 5) is 11.0. The van der Waals surface area contributed by atoms with Gasteiger partial charge in [0.1, 0.15) is 5.03 Å². The predicted molar refractivity (Wildman–Crippen MR) is 61.0 cm³/mol. The van der Waals surface area contributed by atoms with Gasteiger partial charge < -0.3 is 4.74 Å². The molecule has 0 saturated heterocycles. The minimum atomic E-state index is -0.585. The Kier molecular flexibility index (Phi) is 4.66. The molecule has 0 N–H and O–H groups in total. The zero-order chi connectivity index (χ0) is 11.3. The van der Waals surface area contributed by atoms with Crippen molar-refractivity contribution in [1.29, 1.82) is 0 Å². The van der Waals surface area contributed by atoms with E-state index in [1.807, 2.05) is 30.3 Å². The van der Waals surface area contributed by atoms with Gasteiger partial charge in [-0.15, -0.1) is 11.6 Å². The van der Waals surface area contributed by atoms with Crippen LogP contribution >= 0.6 is 23.2 Å². The summed E-state index contributed by atoms with van der Waals surface area (Å²) in [7, 11) is 1.27. The summed E-state index contributed by atoms with van der Waals surface area (Å²) in [5, 5.41) is -0.445. The molecule has 0 saturated carbocycles. The van der Waals surface area contributed by atoms with Crippen molar-refractivity contribution in [2.24, 2.45) is 0 Å². The number of esters is 1. The quantitative estimate of drug-likeness (QED) is 0.464. The molecule has 0 aliphatic carbocycles. The Labute approximate surface area is 98.4 Å². The summed E-state index contributed by atoms with van der Waals surface area (Å²) in [5.41, 5.74) is 0.876. The topological polar surface area (TPSA) is 26.3 Å². The van der Waals surface area contributed by atoms with Crippen LogP contribution in [0.3, 0.4) is 0 Å². The number of benzene rings is 1. The van der Waals surface area contributed by atoms with E-state index in [4.69, 9.17) is 23.2 Å². The van der Waals surface area contributed by atoms with Gasteiger partial charge in [0.2, 0.25) is 0 Å². The van der Waals surface area contributed by atoms with Crippen molar-refractivity contribution in [2.45, 2.75) is 5.38 Å². The second-order valence-corrected chi connectivity index (χ2v) is 3.70. The van der Waals surface area contributed by atoms with Crippen LogP contribution in [-0.4, -0.2) is 13.1 Å². The molecule has 1 unspecified atom stereocenters. The van der Waals surface area contributed by atoms with Crippen molar-refractivity contribution in [3.8, 4) is 0 Å². The van der Waals surface area contributed by atoms with E-state index in [2.05, 4.69) is 4.74 Å². The lowest BCUT2D eigenvalue weighted by Crippen LogP contribution is -2.00. The molecule has 4 heteroatoms. The molecule has 0 radical (unpaired) electrons. The lowest BCUT2D eigenvalue weighted by Gasteiger charge is -2.04. The summed E-state index contributed by atoms with van der Waals surface area (Å²) in [5.74, 6) is -0.585. The summed E-state index contributed by atoms with van der Waals surface area (Å²) >= 11 is 11.7. The van der Waals surface area contributed by atoms with Crippen molar-refractivity contribution in [3.63, 3.8) is 0 Å². The van der Waals surface area contributed by atoms with Gasteiger partial charge in [0.15, 0.2) is 0 Å². The first-order chi connectivity index (χ1) is 7.15. The monoisotopic (exact) mass is 244 g/mol. The summed E-state index contributed by atoms with van der Waals surface area (Å²) in [6, 6.07) is 9.33. The van der Waals surface area contributed by atoms with Crippen LogP contribution in [0, 0.1) is 0 Å². The van der Waals surface area contributed by atoms with Gasteiger partial charge in [-0.05, 0) is 11.6 Å². The molecule has 0 aliphatic heterocycles. The number of methoxy groups -OCH3 is 1. The van der Waals surface area contributed by atoms with Gasteiger partial charge in [0.25, 0.3) is 0 Å². The van der Waals surface area contributed by atoms with Crippen molar-refractivity contribution >= 4 is 29.2 Å². The third-order valence-corrected chi connectivity index (χ3v) is 2.45. The van der Waals surface area contributed by atoms with Gasteiger partial charge in [-0.2, -0.15) is 0 Å². The smallest absolute Gasteiger partial charge is 0.349 e. The van der Waals surface area contributed by atoms with Crippen LogP contribution in [0.2, 0.25) is 0 Å². The number of carbonyl (C=O) groups is 1. The Morgan fingerprint density at radius 3 is 2.53 bits per heavy atom. The second-order valence-electron chi connectivity index (χ2n) is 2.82. The number of hydrogen-bond acceptors (Lipinski definition) is 2. The van der Waals surface area contributed by atoms with Crippen molar-refractivity contribution < 1.29 is 9.53 Å². The van der Waals surface area contributed by atoms with E-state index in [1.54, 1.807) is 0 Å². The van der Waals surface area contributed by atoms with Crippen molar-refractivity contribution in [3.05, 3.63) is 47.0 Å². The second kappa shape index (κ2) is 5.79. The Bertz CT molecular complexity index is 360. The van der Waals surface area contributed by atoms with Crippen molar-refractivity contribution in [1.82, 2.24) is 0 Å². The number of carbonyl (C=O) groups excluding carboxylic acids is 1. The molecular weight excluding hydrogens is 235 g/mol. The zero-order valence-corrected chi connectivity index (χ0v) is 9.63. The molecule has 0 bridgehead atoms. The highest BCUT2D eigenvalue weighted by Gasteiger charge is 2.10. The van der Waals surface area contributed by atoms with Gasteiger partial charge in [-0.1, -0.05) is 41.9 Å². The molecule has 15 heavy (non-hydrogen) atoms. The maximum absolute atomic E-state index is 11.0. The van der Waals surface area contributed by atoms with Crippen LogP contribution in [0.1, 0.15) is 10.9 Å². The highest BCUT2D eigenvalue weighted by Crippen LogP contribution is 2.24. The van der Waals surface area contributed by atoms with E-state index < -0.39 is 11.3 Å². The third-order valence-electron chi connectivity index (χ3n) is 1.79. The minimum absolute atomic E-state index is 0.0126. The fourth-order valence-electron chi connectivity index (χ4n) is 1.03. The van der Waals surface area contributed by atoms with Gasteiger partial charge in [-0.3, -0.25) is 0 Å². The van der Waals surface area contributed by atoms with E-state index in [-0.39, 0.29) is 5.03 Å². The average molecular weight is 245 g/mol. The third kappa shape index (κ3) is 3.57. The van der Waals surface area contributed by atoms with Crippen LogP contribution < -0.4 is 0 Å². The number of halogens is 2. The molecule has 0 spiro atoms. The van der Waals surface area contributed by atoms with Gasteiger partial charge >= 0.3 is 5.97 Å². The highest BCUT2D eigenvalue weighted by molar-refractivity contribution is 6.41. The fourth-order valence-corrected chi connectivity index (χ4v) is 1.57. The van der Waals surface area contributed by atoms with Crippen LogP contribution in [0.15, 0.2) is 41.4 Å². The summed E-state index contributed by atoms with van der Waals surface area (Å²) < 4.78 is 4.45. The first-order valence-corrected chi connectivity index (χ1v) is 5.11. The Morgan fingerprint density at radius 1 is 1.40 bits per heavy atom. The Morgan fingerprint density at radius 2 is 2.00 bits per heavy atom. The van der Waals surface area contributed by atoms with Crippen LogP contribution in [-0.2, 0) is 9.53 Å². The number of hydrogen-bond donors (Lipinski definition) is 0. The normalized spacial score (nSPS) is 13.4. The first kappa shape index (κ1) is 12.1. The molecule has 1 aromatic carbocycles. The van der Waals surface area contributed by atoms with Gasteiger partial charge in [-0.25, -0.2) is 4.79 Å². The largest absolute Gasteiger partial charge is 0.465 e. The van der Waals surface area contributed by atoms with Gasteiger partial charge in [0, 0.05) is 0 Å². The predicted octanol–water partition coefficient (Wildman–Crippen LogP) is 3.26. The molecule has 2 nitrogen and oxygen atoms in total. The molecule has 0 heterocycles. The molecule has 0 aromatic heterocycles. The number of ether oxygens (including phenoxy) is 1. The van der Waals surface area contributed by atoms with Crippen LogP contribution in [0.25, 0.3) is 0 Å². The molecule has 0 aliphatic rings. The molecular formula is C11H10Cl2O2. The van der Waals surface area contributed by atoms with E-state index in [0.717, 1.165) is 5.56 Å². The molecule has 1 aromatic rings. The van der Waals surface area contributed by atoms with Crippen molar-refractivity contribution in [2.75, 3.05) is 7.11 Å². The Hall–Kier alpha value is -0.990. The van der Waals surface area contributed by atoms with Crippen LogP contribution in [0.5, 0.6) is 0 Å². The Balaban J connectivity index is 2.79. The summed E-state index contributed by atoms with van der Waals surface area (Å²) in [6.07, 6.45) is 1.45. The lowest BCUT2D eigenvalue weighted by molar-refractivity contribution is -0.135. The van der Waals surface area contributed by atoms with E-state index in [9.17, 15) is 4.79 Å². The number of allylic oxidation sites excluding steroid dienone is 1. The standard InChI is InChI=1S/C11H10Cl2O2/c1-15-11(14)10(13)7-9(12)8-5-3-2-4-6-8/h2-7,9H,1H3/b10-7-. The maximum atomic E-state index is 11.0. The van der Waals surface area contributed by atoms with E-state index >= 15 is 0 Å². The lowest BCUT2D eigenvalue weighted by atomic mass is 10.1. The highest BCUT2D eigenvalue weighted by atomic mass is 35.5. The molecule has 0 amide bonds. The number of alkyl halides is 1. The first-order valence-electron chi connectivity index (χ1n) is 4.30. The molecule has 1 rings (SSSR count). The van der Waals surface area contributed by atoms with E-state index in [0.29, 0.717) is 0 Å². The van der Waals surface area contributed by atoms with Crippen LogP contribution in [0.4, 0.5) is 0 Å².